The smallest absolute Gasteiger partial charge is 0.312 e. The maximum Gasteiger partial charge on any atom is 0.312 e. The molecule has 4 aliphatic rings. The van der Waals surface area contributed by atoms with Gasteiger partial charge in [0.05, 0.1) is 23.5 Å². The molecular weight excluding hydrogens is 324 g/mol. The Morgan fingerprint density at radius 2 is 1.96 bits per heavy atom. The molecule has 3 saturated carbocycles. The van der Waals surface area contributed by atoms with E-state index in [1.807, 2.05) is 6.08 Å². The Hall–Kier alpha value is -1.66. The van der Waals surface area contributed by atoms with Crippen LogP contribution in [0.2, 0.25) is 0 Å². The number of allylic oxidation sites excluding steroid dienone is 1. The number of rotatable bonds is 2. The SMILES string of the molecule is C=C1CC23CC1C(O)CC2C1=CCC(O)C(C)(C(=O)O)C1C3C(=O)O. The topological polar surface area (TPSA) is 115 Å². The molecular formula is C19H24O6. The molecule has 0 aliphatic heterocycles. The predicted octanol–water partition coefficient (Wildman–Crippen LogP) is 1.43. The summed E-state index contributed by atoms with van der Waals surface area (Å²) in [5.74, 6) is -4.08. The molecule has 2 bridgehead atoms. The van der Waals surface area contributed by atoms with Crippen LogP contribution in [-0.4, -0.2) is 44.6 Å². The molecule has 136 valence electrons. The fraction of sp³-hybridized carbons (Fsp3) is 0.684. The monoisotopic (exact) mass is 348 g/mol. The molecule has 4 N–H and O–H groups in total. The highest BCUT2D eigenvalue weighted by Gasteiger charge is 2.71. The van der Waals surface area contributed by atoms with E-state index in [0.717, 1.165) is 11.1 Å². The summed E-state index contributed by atoms with van der Waals surface area (Å²) >= 11 is 0. The first-order chi connectivity index (χ1) is 11.6. The Balaban J connectivity index is 1.93. The minimum atomic E-state index is -1.54. The van der Waals surface area contributed by atoms with Crippen LogP contribution in [0.4, 0.5) is 0 Å². The van der Waals surface area contributed by atoms with Crippen molar-refractivity contribution in [3.8, 4) is 0 Å². The van der Waals surface area contributed by atoms with Gasteiger partial charge in [-0.2, -0.15) is 0 Å². The predicted molar refractivity (Wildman–Crippen MR) is 87.5 cm³/mol. The van der Waals surface area contributed by atoms with E-state index < -0.39 is 46.8 Å². The number of hydrogen-bond acceptors (Lipinski definition) is 4. The van der Waals surface area contributed by atoms with Crippen LogP contribution in [0.15, 0.2) is 23.8 Å². The van der Waals surface area contributed by atoms with E-state index in [0.29, 0.717) is 19.3 Å². The third-order valence-electron chi connectivity index (χ3n) is 7.67. The average molecular weight is 348 g/mol. The minimum absolute atomic E-state index is 0.111. The highest BCUT2D eigenvalue weighted by Crippen LogP contribution is 2.72. The zero-order valence-corrected chi connectivity index (χ0v) is 14.2. The van der Waals surface area contributed by atoms with Crippen molar-refractivity contribution >= 4 is 11.9 Å². The van der Waals surface area contributed by atoms with Crippen LogP contribution in [0.1, 0.15) is 32.6 Å². The maximum atomic E-state index is 12.3. The van der Waals surface area contributed by atoms with Gasteiger partial charge in [-0.25, -0.2) is 0 Å². The first-order valence-electron chi connectivity index (χ1n) is 8.84. The summed E-state index contributed by atoms with van der Waals surface area (Å²) in [7, 11) is 0. The number of carbonyl (C=O) groups is 2. The molecule has 0 heterocycles. The summed E-state index contributed by atoms with van der Waals surface area (Å²) in [6.45, 7) is 5.53. The Labute approximate surface area is 145 Å². The van der Waals surface area contributed by atoms with E-state index in [-0.39, 0.29) is 18.3 Å². The second-order valence-electron chi connectivity index (χ2n) is 8.57. The largest absolute Gasteiger partial charge is 0.481 e. The van der Waals surface area contributed by atoms with Gasteiger partial charge in [-0.3, -0.25) is 9.59 Å². The Morgan fingerprint density at radius 3 is 2.56 bits per heavy atom. The summed E-state index contributed by atoms with van der Waals surface area (Å²) in [4.78, 5) is 24.4. The molecule has 1 spiro atoms. The van der Waals surface area contributed by atoms with E-state index in [9.17, 15) is 30.0 Å². The molecule has 6 nitrogen and oxygen atoms in total. The van der Waals surface area contributed by atoms with Gasteiger partial charge in [0, 0.05) is 11.8 Å². The average Bonchev–Trinajstić information content (AvgIpc) is 2.97. The van der Waals surface area contributed by atoms with Crippen molar-refractivity contribution in [3.05, 3.63) is 23.8 Å². The number of carboxylic acids is 2. The lowest BCUT2D eigenvalue weighted by Crippen LogP contribution is -2.52. The maximum absolute atomic E-state index is 12.3. The number of aliphatic hydroxyl groups excluding tert-OH is 2. The van der Waals surface area contributed by atoms with Crippen LogP contribution < -0.4 is 0 Å². The lowest BCUT2D eigenvalue weighted by molar-refractivity contribution is -0.167. The second kappa shape index (κ2) is 4.95. The van der Waals surface area contributed by atoms with Gasteiger partial charge in [0.25, 0.3) is 0 Å². The highest BCUT2D eigenvalue weighted by atomic mass is 16.4. The fourth-order valence-electron chi connectivity index (χ4n) is 6.48. The second-order valence-corrected chi connectivity index (χ2v) is 8.57. The standard InChI is InChI=1S/C19H24O6/c1-8-6-19-7-10(8)12(20)5-11(19)9-3-4-13(21)18(2,17(24)25)14(9)15(19)16(22)23/h3,10-15,20-21H,1,4-7H2,2H3,(H,22,23)(H,24,25). The molecule has 8 atom stereocenters. The van der Waals surface area contributed by atoms with Crippen molar-refractivity contribution in [1.82, 2.24) is 0 Å². The highest BCUT2D eigenvalue weighted by molar-refractivity contribution is 5.81. The summed E-state index contributed by atoms with van der Waals surface area (Å²) in [6.07, 6.45) is 1.84. The fourth-order valence-corrected chi connectivity index (χ4v) is 6.48. The van der Waals surface area contributed by atoms with Crippen LogP contribution in [-0.2, 0) is 9.59 Å². The lowest BCUT2D eigenvalue weighted by Gasteiger charge is -2.42. The third-order valence-corrected chi connectivity index (χ3v) is 7.67. The van der Waals surface area contributed by atoms with E-state index in [1.54, 1.807) is 0 Å². The molecule has 0 radical (unpaired) electrons. The quantitative estimate of drug-likeness (QED) is 0.561. The van der Waals surface area contributed by atoms with Gasteiger partial charge in [-0.15, -0.1) is 0 Å². The van der Waals surface area contributed by atoms with Crippen molar-refractivity contribution in [1.29, 1.82) is 0 Å². The third kappa shape index (κ3) is 1.82. The van der Waals surface area contributed by atoms with Gasteiger partial charge < -0.3 is 20.4 Å². The van der Waals surface area contributed by atoms with Crippen LogP contribution in [0.3, 0.4) is 0 Å². The van der Waals surface area contributed by atoms with Crippen molar-refractivity contribution in [2.75, 3.05) is 0 Å². The molecule has 4 aliphatic carbocycles. The Kier molecular flexibility index (Phi) is 3.32. The molecule has 0 aromatic heterocycles. The van der Waals surface area contributed by atoms with E-state index in [1.165, 1.54) is 6.92 Å². The van der Waals surface area contributed by atoms with Gasteiger partial charge in [-0.1, -0.05) is 23.8 Å². The molecule has 4 rings (SSSR count). The zero-order chi connectivity index (χ0) is 18.3. The summed E-state index contributed by atoms with van der Waals surface area (Å²) in [6, 6.07) is 0. The van der Waals surface area contributed by atoms with Crippen molar-refractivity contribution < 1.29 is 30.0 Å². The summed E-state index contributed by atoms with van der Waals surface area (Å²) in [5.41, 5.74) is -0.443. The van der Waals surface area contributed by atoms with Gasteiger partial charge in [0.15, 0.2) is 0 Å². The van der Waals surface area contributed by atoms with Crippen molar-refractivity contribution in [3.63, 3.8) is 0 Å². The normalized spacial score (nSPS) is 50.8. The first-order valence-corrected chi connectivity index (χ1v) is 8.84. The first kappa shape index (κ1) is 16.8. The number of aliphatic hydroxyl groups is 2. The van der Waals surface area contributed by atoms with Gasteiger partial charge in [0.2, 0.25) is 0 Å². The van der Waals surface area contributed by atoms with Crippen LogP contribution in [0.25, 0.3) is 0 Å². The molecule has 0 aromatic carbocycles. The molecule has 3 fully saturated rings. The number of carboxylic acid groups (broad SMARTS) is 2. The van der Waals surface area contributed by atoms with Gasteiger partial charge in [0.1, 0.15) is 0 Å². The van der Waals surface area contributed by atoms with Crippen molar-refractivity contribution in [2.24, 2.45) is 34.5 Å². The Morgan fingerprint density at radius 1 is 1.28 bits per heavy atom. The molecule has 0 aromatic rings. The Bertz CT molecular complexity index is 711. The molecule has 0 amide bonds. The van der Waals surface area contributed by atoms with Crippen LogP contribution in [0, 0.1) is 34.5 Å². The van der Waals surface area contributed by atoms with Crippen molar-refractivity contribution in [2.45, 2.75) is 44.8 Å². The van der Waals surface area contributed by atoms with Gasteiger partial charge in [-0.05, 0) is 43.9 Å². The molecule has 8 unspecified atom stereocenters. The molecule has 0 saturated heterocycles. The van der Waals surface area contributed by atoms with Crippen LogP contribution in [0.5, 0.6) is 0 Å². The van der Waals surface area contributed by atoms with E-state index in [2.05, 4.69) is 6.58 Å². The minimum Gasteiger partial charge on any atom is -0.481 e. The molecule has 25 heavy (non-hydrogen) atoms. The zero-order valence-electron chi connectivity index (χ0n) is 14.2. The van der Waals surface area contributed by atoms with Crippen LogP contribution >= 0.6 is 0 Å². The number of fused-ring (bicyclic) bond motifs is 3. The van der Waals surface area contributed by atoms with E-state index in [4.69, 9.17) is 0 Å². The number of hydrogen-bond donors (Lipinski definition) is 4. The lowest BCUT2D eigenvalue weighted by atomic mass is 9.60. The summed E-state index contributed by atoms with van der Waals surface area (Å²) < 4.78 is 0. The molecule has 6 heteroatoms. The van der Waals surface area contributed by atoms with E-state index >= 15 is 0 Å². The number of aliphatic carboxylic acids is 2. The summed E-state index contributed by atoms with van der Waals surface area (Å²) in [5, 5.41) is 40.9. The van der Waals surface area contributed by atoms with Gasteiger partial charge >= 0.3 is 11.9 Å².